The van der Waals surface area contributed by atoms with E-state index in [-0.39, 0.29) is 6.54 Å². The maximum atomic E-state index is 12.7. The van der Waals surface area contributed by atoms with Gasteiger partial charge >= 0.3 is 0 Å². The quantitative estimate of drug-likeness (QED) is 0.756. The Morgan fingerprint density at radius 2 is 1.80 bits per heavy atom. The zero-order valence-corrected chi connectivity index (χ0v) is 15.2. The molecule has 0 aliphatic rings. The van der Waals surface area contributed by atoms with Crippen molar-refractivity contribution < 1.29 is 12.8 Å². The molecule has 0 spiro atoms. The first kappa shape index (κ1) is 17.4. The first-order chi connectivity index (χ1) is 11.9. The van der Waals surface area contributed by atoms with E-state index in [1.54, 1.807) is 18.7 Å². The molecule has 1 N–H and O–H groups in total. The summed E-state index contributed by atoms with van der Waals surface area (Å²) in [5, 5.41) is 0. The van der Waals surface area contributed by atoms with Crippen molar-refractivity contribution in [1.82, 2.24) is 9.71 Å². The van der Waals surface area contributed by atoms with Gasteiger partial charge in [-0.1, -0.05) is 23.8 Å². The molecule has 25 heavy (non-hydrogen) atoms. The molecule has 0 radical (unpaired) electrons. The van der Waals surface area contributed by atoms with Crippen LogP contribution in [0, 0.1) is 20.8 Å². The van der Waals surface area contributed by atoms with E-state index in [0.717, 1.165) is 33.5 Å². The molecule has 5 nitrogen and oxygen atoms in total. The molecule has 0 amide bonds. The van der Waals surface area contributed by atoms with Crippen LogP contribution in [0.5, 0.6) is 0 Å². The first-order valence-electron chi connectivity index (χ1n) is 7.92. The summed E-state index contributed by atoms with van der Waals surface area (Å²) in [7, 11) is -3.58. The number of sulfonamides is 1. The highest BCUT2D eigenvalue weighted by atomic mass is 32.2. The van der Waals surface area contributed by atoms with E-state index in [1.165, 1.54) is 0 Å². The van der Waals surface area contributed by atoms with Crippen molar-refractivity contribution in [3.8, 4) is 11.3 Å². The summed E-state index contributed by atoms with van der Waals surface area (Å²) in [6.45, 7) is 5.77. The van der Waals surface area contributed by atoms with Crippen molar-refractivity contribution in [2.75, 3.05) is 0 Å². The number of nitrogens with one attached hydrogen (secondary N) is 1. The van der Waals surface area contributed by atoms with Crippen molar-refractivity contribution >= 4 is 10.0 Å². The minimum absolute atomic E-state index is 0.188. The lowest BCUT2D eigenvalue weighted by atomic mass is 10.1. The second kappa shape index (κ2) is 6.82. The highest BCUT2D eigenvalue weighted by Gasteiger charge is 2.19. The molecule has 3 aromatic rings. The van der Waals surface area contributed by atoms with Crippen molar-refractivity contribution in [3.63, 3.8) is 0 Å². The third-order valence-corrected chi connectivity index (χ3v) is 5.69. The smallest absolute Gasteiger partial charge is 0.241 e. The summed E-state index contributed by atoms with van der Waals surface area (Å²) in [5.74, 6) is 0. The Morgan fingerprint density at radius 3 is 2.36 bits per heavy atom. The van der Waals surface area contributed by atoms with Crippen LogP contribution in [-0.4, -0.2) is 13.4 Å². The lowest BCUT2D eigenvalue weighted by Crippen LogP contribution is -2.25. The highest BCUT2D eigenvalue weighted by Crippen LogP contribution is 2.22. The molecule has 2 heterocycles. The van der Waals surface area contributed by atoms with Gasteiger partial charge in [0, 0.05) is 18.3 Å². The summed E-state index contributed by atoms with van der Waals surface area (Å²) in [6, 6.07) is 9.28. The number of hydrogen-bond acceptors (Lipinski definition) is 4. The third kappa shape index (κ3) is 3.81. The van der Waals surface area contributed by atoms with E-state index in [1.807, 2.05) is 51.1 Å². The summed E-state index contributed by atoms with van der Waals surface area (Å²) in [6.07, 6.45) is 4.87. The van der Waals surface area contributed by atoms with Crippen LogP contribution >= 0.6 is 0 Å². The van der Waals surface area contributed by atoms with Gasteiger partial charge in [0.2, 0.25) is 10.0 Å². The molecule has 2 aromatic heterocycles. The fourth-order valence-corrected chi connectivity index (χ4v) is 4.42. The number of rotatable bonds is 5. The van der Waals surface area contributed by atoms with Crippen molar-refractivity contribution in [2.45, 2.75) is 32.2 Å². The van der Waals surface area contributed by atoms with Gasteiger partial charge in [0.1, 0.15) is 0 Å². The molecule has 3 rings (SSSR count). The minimum atomic E-state index is -3.58. The standard InChI is InChI=1S/C19H20N2O3S/c1-13-8-14(2)19(15(3)9-13)25(22,23)21-11-16-4-5-18(20-10-16)17-6-7-24-12-17/h4-10,12,21H,11H2,1-3H3. The normalized spacial score (nSPS) is 11.6. The van der Waals surface area contributed by atoms with Crippen LogP contribution in [-0.2, 0) is 16.6 Å². The van der Waals surface area contributed by atoms with Gasteiger partial charge in [0.05, 0.1) is 23.1 Å². The summed E-state index contributed by atoms with van der Waals surface area (Å²) < 4.78 is 33.0. The first-order valence-corrected chi connectivity index (χ1v) is 9.40. The Bertz CT molecular complexity index is 953. The summed E-state index contributed by atoms with van der Waals surface area (Å²) in [4.78, 5) is 4.69. The zero-order valence-electron chi connectivity index (χ0n) is 14.4. The molecule has 1 aromatic carbocycles. The predicted octanol–water partition coefficient (Wildman–Crippen LogP) is 3.75. The van der Waals surface area contributed by atoms with Gasteiger partial charge in [0.25, 0.3) is 0 Å². The largest absolute Gasteiger partial charge is 0.472 e. The molecule has 0 bridgehead atoms. The average molecular weight is 356 g/mol. The van der Waals surface area contributed by atoms with Gasteiger partial charge in [-0.25, -0.2) is 13.1 Å². The Kier molecular flexibility index (Phi) is 4.74. The molecule has 6 heteroatoms. The topological polar surface area (TPSA) is 72.2 Å². The van der Waals surface area contributed by atoms with Crippen LogP contribution in [0.1, 0.15) is 22.3 Å². The maximum absolute atomic E-state index is 12.7. The van der Waals surface area contributed by atoms with E-state index in [0.29, 0.717) is 4.90 Å². The highest BCUT2D eigenvalue weighted by molar-refractivity contribution is 7.89. The summed E-state index contributed by atoms with van der Waals surface area (Å²) >= 11 is 0. The van der Waals surface area contributed by atoms with Gasteiger partial charge in [-0.3, -0.25) is 4.98 Å². The molecule has 0 fully saturated rings. The van der Waals surface area contributed by atoms with Crippen molar-refractivity contribution in [2.24, 2.45) is 0 Å². The lowest BCUT2D eigenvalue weighted by Gasteiger charge is -2.13. The van der Waals surface area contributed by atoms with Crippen LogP contribution < -0.4 is 4.72 Å². The van der Waals surface area contributed by atoms with E-state index in [4.69, 9.17) is 4.42 Å². The molecule has 130 valence electrons. The van der Waals surface area contributed by atoms with Gasteiger partial charge in [-0.05, 0) is 49.6 Å². The molecule has 0 saturated heterocycles. The van der Waals surface area contributed by atoms with E-state index >= 15 is 0 Å². The molecule has 0 unspecified atom stereocenters. The Balaban J connectivity index is 1.77. The fourth-order valence-electron chi connectivity index (χ4n) is 2.95. The van der Waals surface area contributed by atoms with E-state index in [9.17, 15) is 8.42 Å². The number of aromatic nitrogens is 1. The maximum Gasteiger partial charge on any atom is 0.241 e. The number of aryl methyl sites for hydroxylation is 3. The number of benzene rings is 1. The minimum Gasteiger partial charge on any atom is -0.472 e. The van der Waals surface area contributed by atoms with Gasteiger partial charge < -0.3 is 4.42 Å². The van der Waals surface area contributed by atoms with Crippen LogP contribution in [0.15, 0.2) is 58.4 Å². The Morgan fingerprint density at radius 1 is 1.08 bits per heavy atom. The number of hydrogen-bond donors (Lipinski definition) is 1. The number of pyridine rings is 1. The summed E-state index contributed by atoms with van der Waals surface area (Å²) in [5.41, 5.74) is 5.01. The van der Waals surface area contributed by atoms with Gasteiger partial charge in [-0.2, -0.15) is 0 Å². The van der Waals surface area contributed by atoms with Crippen LogP contribution in [0.4, 0.5) is 0 Å². The third-order valence-electron chi connectivity index (χ3n) is 3.98. The predicted molar refractivity (Wildman–Crippen MR) is 96.6 cm³/mol. The van der Waals surface area contributed by atoms with Crippen LogP contribution in [0.2, 0.25) is 0 Å². The molecular weight excluding hydrogens is 336 g/mol. The number of furan rings is 1. The number of nitrogens with zero attached hydrogens (tertiary/aromatic N) is 1. The van der Waals surface area contributed by atoms with Gasteiger partial charge in [0.15, 0.2) is 0 Å². The Hall–Kier alpha value is -2.44. The van der Waals surface area contributed by atoms with Crippen LogP contribution in [0.3, 0.4) is 0 Å². The molecule has 0 atom stereocenters. The van der Waals surface area contributed by atoms with Crippen molar-refractivity contribution in [1.29, 1.82) is 0 Å². The molecular formula is C19H20N2O3S. The average Bonchev–Trinajstić information content (AvgIpc) is 3.06. The van der Waals surface area contributed by atoms with E-state index < -0.39 is 10.0 Å². The SMILES string of the molecule is Cc1cc(C)c(S(=O)(=O)NCc2ccc(-c3ccoc3)nc2)c(C)c1. The monoisotopic (exact) mass is 356 g/mol. The van der Waals surface area contributed by atoms with Gasteiger partial charge in [-0.15, -0.1) is 0 Å². The zero-order chi connectivity index (χ0) is 18.0. The fraction of sp³-hybridized carbons (Fsp3) is 0.211. The van der Waals surface area contributed by atoms with Crippen molar-refractivity contribution in [3.05, 3.63) is 71.3 Å². The second-order valence-electron chi connectivity index (χ2n) is 6.12. The molecule has 0 aliphatic heterocycles. The molecule has 0 saturated carbocycles. The van der Waals surface area contributed by atoms with Crippen LogP contribution in [0.25, 0.3) is 11.3 Å². The Labute approximate surface area is 147 Å². The molecule has 0 aliphatic carbocycles. The van der Waals surface area contributed by atoms with E-state index in [2.05, 4.69) is 9.71 Å². The lowest BCUT2D eigenvalue weighted by molar-refractivity contribution is 0.568. The second-order valence-corrected chi connectivity index (χ2v) is 7.82.